The van der Waals surface area contributed by atoms with Gasteiger partial charge in [0.1, 0.15) is 0 Å². The molecule has 0 radical (unpaired) electrons. The first-order chi connectivity index (χ1) is 6.42. The van der Waals surface area contributed by atoms with Gasteiger partial charge in [-0.1, -0.05) is 0 Å². The van der Waals surface area contributed by atoms with E-state index in [1.165, 1.54) is 0 Å². The van der Waals surface area contributed by atoms with Crippen LogP contribution in [0, 0.1) is 0 Å². The molecule has 0 bridgehead atoms. The topological polar surface area (TPSA) is 41.6 Å². The molecule has 82 valence electrons. The molecular weight excluding hydrogens is 180 g/mol. The van der Waals surface area contributed by atoms with Crippen molar-refractivity contribution in [3.63, 3.8) is 0 Å². The number of ether oxygens (including phenoxy) is 1. The lowest BCUT2D eigenvalue weighted by Crippen LogP contribution is -2.59. The summed E-state index contributed by atoms with van der Waals surface area (Å²) in [6.45, 7) is 10.1. The summed E-state index contributed by atoms with van der Waals surface area (Å²) in [7, 11) is 0. The summed E-state index contributed by atoms with van der Waals surface area (Å²) in [5.74, 6) is 0. The van der Waals surface area contributed by atoms with Crippen molar-refractivity contribution in [2.75, 3.05) is 19.6 Å². The summed E-state index contributed by atoms with van der Waals surface area (Å²) in [5.41, 5.74) is -0.113. The van der Waals surface area contributed by atoms with Gasteiger partial charge < -0.3 is 15.0 Å². The van der Waals surface area contributed by atoms with E-state index in [0.717, 1.165) is 0 Å². The highest BCUT2D eigenvalue weighted by molar-refractivity contribution is 5.75. The van der Waals surface area contributed by atoms with Crippen molar-refractivity contribution < 1.29 is 9.53 Å². The van der Waals surface area contributed by atoms with Crippen LogP contribution in [0.15, 0.2) is 0 Å². The number of hydrogen-bond acceptors (Lipinski definition) is 2. The largest absolute Gasteiger partial charge is 0.369 e. The van der Waals surface area contributed by atoms with Crippen molar-refractivity contribution in [3.8, 4) is 0 Å². The molecule has 1 fully saturated rings. The van der Waals surface area contributed by atoms with Gasteiger partial charge in [0.15, 0.2) is 0 Å². The van der Waals surface area contributed by atoms with Crippen LogP contribution in [0.25, 0.3) is 0 Å². The highest BCUT2D eigenvalue weighted by atomic mass is 16.5. The lowest BCUT2D eigenvalue weighted by atomic mass is 10.1. The van der Waals surface area contributed by atoms with E-state index in [2.05, 4.69) is 5.32 Å². The molecule has 2 amide bonds. The number of carbonyl (C=O) groups excluding carboxylic acids is 1. The number of carbonyl (C=O) groups is 1. The minimum absolute atomic E-state index is 0.0151. The van der Waals surface area contributed by atoms with Gasteiger partial charge in [-0.3, -0.25) is 0 Å². The zero-order valence-corrected chi connectivity index (χ0v) is 9.46. The number of likely N-dealkylation sites (tertiary alicyclic amines) is 1. The van der Waals surface area contributed by atoms with Gasteiger partial charge >= 0.3 is 6.03 Å². The molecular formula is C10H20N2O2. The number of rotatable bonds is 2. The smallest absolute Gasteiger partial charge is 0.317 e. The van der Waals surface area contributed by atoms with Crippen molar-refractivity contribution in [1.29, 1.82) is 0 Å². The fourth-order valence-corrected chi connectivity index (χ4v) is 1.44. The molecule has 0 spiro atoms. The normalized spacial score (nSPS) is 17.9. The quantitative estimate of drug-likeness (QED) is 0.728. The molecule has 14 heavy (non-hydrogen) atoms. The summed E-state index contributed by atoms with van der Waals surface area (Å²) >= 11 is 0. The maximum Gasteiger partial charge on any atom is 0.317 e. The first-order valence-corrected chi connectivity index (χ1v) is 5.13. The molecule has 1 N–H and O–H groups in total. The summed E-state index contributed by atoms with van der Waals surface area (Å²) in [4.78, 5) is 13.1. The van der Waals surface area contributed by atoms with Gasteiger partial charge in [-0.2, -0.15) is 0 Å². The number of hydrogen-bond donors (Lipinski definition) is 1. The van der Waals surface area contributed by atoms with Crippen molar-refractivity contribution in [2.45, 2.75) is 39.4 Å². The summed E-state index contributed by atoms with van der Waals surface area (Å²) < 4.78 is 5.71. The second kappa shape index (κ2) is 4.17. The lowest BCUT2D eigenvalue weighted by Gasteiger charge is -2.41. The molecule has 0 aromatic carbocycles. The third-order valence-electron chi connectivity index (χ3n) is 1.98. The number of amides is 2. The highest BCUT2D eigenvalue weighted by Crippen LogP contribution is 2.18. The van der Waals surface area contributed by atoms with Crippen LogP contribution in [-0.4, -0.2) is 42.3 Å². The average molecular weight is 200 g/mol. The van der Waals surface area contributed by atoms with E-state index < -0.39 is 0 Å². The van der Waals surface area contributed by atoms with E-state index in [1.54, 1.807) is 4.90 Å². The zero-order valence-electron chi connectivity index (χ0n) is 9.46. The summed E-state index contributed by atoms with van der Waals surface area (Å²) in [6, 6.07) is 0.0151. The number of nitrogens with one attached hydrogen (secondary N) is 1. The fourth-order valence-electron chi connectivity index (χ4n) is 1.44. The Balaban J connectivity index is 2.20. The zero-order chi connectivity index (χ0) is 10.8. The summed E-state index contributed by atoms with van der Waals surface area (Å²) in [5, 5.41) is 2.76. The standard InChI is InChI=1S/C10H20N2O2/c1-5-11-9(13)12-6-8(7-12)14-10(2,3)4/h8H,5-7H2,1-4H3,(H,11,13). The minimum atomic E-state index is -0.113. The third kappa shape index (κ3) is 3.18. The second-order valence-electron chi connectivity index (χ2n) is 4.59. The molecule has 0 aliphatic carbocycles. The monoisotopic (exact) mass is 200 g/mol. The van der Waals surface area contributed by atoms with Gasteiger partial charge in [-0.25, -0.2) is 4.79 Å². The van der Waals surface area contributed by atoms with Gasteiger partial charge in [0.25, 0.3) is 0 Å². The van der Waals surface area contributed by atoms with Gasteiger partial charge in [0.05, 0.1) is 24.8 Å². The molecule has 1 rings (SSSR count). The fraction of sp³-hybridized carbons (Fsp3) is 0.900. The van der Waals surface area contributed by atoms with Gasteiger partial charge in [-0.05, 0) is 27.7 Å². The average Bonchev–Trinajstić information content (AvgIpc) is 1.94. The van der Waals surface area contributed by atoms with Crippen LogP contribution >= 0.6 is 0 Å². The Morgan fingerprint density at radius 2 is 2.07 bits per heavy atom. The van der Waals surface area contributed by atoms with Gasteiger partial charge in [0.2, 0.25) is 0 Å². The molecule has 0 saturated carbocycles. The van der Waals surface area contributed by atoms with Crippen LogP contribution in [0.1, 0.15) is 27.7 Å². The van der Waals surface area contributed by atoms with E-state index in [9.17, 15) is 4.79 Å². The molecule has 4 nitrogen and oxygen atoms in total. The molecule has 4 heteroatoms. The van der Waals surface area contributed by atoms with Crippen LogP contribution in [0.4, 0.5) is 4.79 Å². The van der Waals surface area contributed by atoms with E-state index >= 15 is 0 Å². The maximum atomic E-state index is 11.3. The Hall–Kier alpha value is -0.770. The molecule has 1 aliphatic heterocycles. The molecule has 0 atom stereocenters. The highest BCUT2D eigenvalue weighted by Gasteiger charge is 2.33. The molecule has 1 aliphatic rings. The number of urea groups is 1. The van der Waals surface area contributed by atoms with Crippen LogP contribution in [0.5, 0.6) is 0 Å². The Morgan fingerprint density at radius 3 is 2.50 bits per heavy atom. The molecule has 0 aromatic heterocycles. The van der Waals surface area contributed by atoms with Crippen LogP contribution in [-0.2, 0) is 4.74 Å². The van der Waals surface area contributed by atoms with Crippen LogP contribution in [0.3, 0.4) is 0 Å². The minimum Gasteiger partial charge on any atom is -0.369 e. The van der Waals surface area contributed by atoms with Gasteiger partial charge in [-0.15, -0.1) is 0 Å². The summed E-state index contributed by atoms with van der Waals surface area (Å²) in [6.07, 6.45) is 0.206. The predicted octanol–water partition coefficient (Wildman–Crippen LogP) is 1.22. The predicted molar refractivity (Wildman–Crippen MR) is 55.3 cm³/mol. The molecule has 1 saturated heterocycles. The van der Waals surface area contributed by atoms with Gasteiger partial charge in [0, 0.05) is 6.54 Å². The van der Waals surface area contributed by atoms with Crippen molar-refractivity contribution in [1.82, 2.24) is 10.2 Å². The Morgan fingerprint density at radius 1 is 1.50 bits per heavy atom. The molecule has 0 unspecified atom stereocenters. The molecule has 1 heterocycles. The van der Waals surface area contributed by atoms with E-state index in [4.69, 9.17) is 4.74 Å². The first kappa shape index (κ1) is 11.3. The van der Waals surface area contributed by atoms with E-state index in [1.807, 2.05) is 27.7 Å². The Kier molecular flexibility index (Phi) is 3.37. The number of nitrogens with zero attached hydrogens (tertiary/aromatic N) is 1. The van der Waals surface area contributed by atoms with Crippen LogP contribution in [0.2, 0.25) is 0 Å². The molecule has 0 aromatic rings. The second-order valence-corrected chi connectivity index (χ2v) is 4.59. The van der Waals surface area contributed by atoms with Crippen molar-refractivity contribution in [3.05, 3.63) is 0 Å². The van der Waals surface area contributed by atoms with Crippen LogP contribution < -0.4 is 5.32 Å². The Bertz CT molecular complexity index is 205. The lowest BCUT2D eigenvalue weighted by molar-refractivity contribution is -0.111. The maximum absolute atomic E-state index is 11.3. The third-order valence-corrected chi connectivity index (χ3v) is 1.98. The Labute approximate surface area is 85.6 Å². The van der Waals surface area contributed by atoms with Crippen molar-refractivity contribution in [2.24, 2.45) is 0 Å². The SMILES string of the molecule is CCNC(=O)N1CC(OC(C)(C)C)C1. The van der Waals surface area contributed by atoms with Crippen molar-refractivity contribution >= 4 is 6.03 Å². The van der Waals surface area contributed by atoms with E-state index in [-0.39, 0.29) is 17.7 Å². The first-order valence-electron chi connectivity index (χ1n) is 5.13. The van der Waals surface area contributed by atoms with E-state index in [0.29, 0.717) is 19.6 Å².